The maximum absolute atomic E-state index is 13.0. The number of hydrogen-bond acceptors (Lipinski definition) is 4. The Balaban J connectivity index is 1.39. The average Bonchev–Trinajstić information content (AvgIpc) is 3.50. The predicted octanol–water partition coefficient (Wildman–Crippen LogP) is 1.99. The molecule has 1 N–H and O–H groups in total. The molecule has 2 aromatic rings. The summed E-state index contributed by atoms with van der Waals surface area (Å²) in [5.74, 6) is 4.05. The molecule has 1 amide bonds. The molecule has 7 heteroatoms. The van der Waals surface area contributed by atoms with Crippen LogP contribution in [-0.2, 0) is 7.05 Å². The maximum Gasteiger partial charge on any atom is 0.274 e. The second-order valence-corrected chi connectivity index (χ2v) is 8.01. The normalized spacial score (nSPS) is 26.4. The van der Waals surface area contributed by atoms with Crippen molar-refractivity contribution >= 4 is 5.91 Å². The lowest BCUT2D eigenvalue weighted by Gasteiger charge is -2.15. The van der Waals surface area contributed by atoms with Gasteiger partial charge in [-0.3, -0.25) is 14.6 Å². The largest absolute Gasteiger partial charge is 0.336 e. The van der Waals surface area contributed by atoms with Gasteiger partial charge in [-0.25, -0.2) is 4.98 Å². The highest BCUT2D eigenvalue weighted by atomic mass is 16.2. The number of carbonyl (C=O) groups excluding carboxylic acids is 1. The number of H-pyrrole nitrogens is 1. The van der Waals surface area contributed by atoms with Gasteiger partial charge in [0.2, 0.25) is 0 Å². The van der Waals surface area contributed by atoms with Crippen LogP contribution in [0.3, 0.4) is 0 Å². The molecule has 5 rings (SSSR count). The van der Waals surface area contributed by atoms with Crippen molar-refractivity contribution in [2.45, 2.75) is 44.4 Å². The number of nitrogens with zero attached hydrogens (tertiary/aromatic N) is 5. The van der Waals surface area contributed by atoms with E-state index in [2.05, 4.69) is 15.3 Å². The zero-order valence-electron chi connectivity index (χ0n) is 14.8. The van der Waals surface area contributed by atoms with Crippen molar-refractivity contribution < 1.29 is 4.79 Å². The molecule has 0 radical (unpaired) electrons. The molecular formula is C18H24N6O. The van der Waals surface area contributed by atoms with E-state index >= 15 is 0 Å². The fraction of sp³-hybridized carbons (Fsp3) is 0.667. The number of nitrogens with one attached hydrogen (secondary N) is 1. The summed E-state index contributed by atoms with van der Waals surface area (Å²) in [5, 5.41) is 12.0. The van der Waals surface area contributed by atoms with Crippen molar-refractivity contribution in [1.82, 2.24) is 29.9 Å². The number of rotatable bonds is 4. The van der Waals surface area contributed by atoms with E-state index in [4.69, 9.17) is 4.98 Å². The fourth-order valence-electron chi connectivity index (χ4n) is 4.23. The molecule has 1 aliphatic heterocycles. The highest BCUT2D eigenvalue weighted by molar-refractivity contribution is 5.93. The number of aryl methyl sites for hydroxylation is 2. The van der Waals surface area contributed by atoms with Gasteiger partial charge in [-0.2, -0.15) is 10.2 Å². The molecule has 3 fully saturated rings. The Morgan fingerprint density at radius 2 is 2.04 bits per heavy atom. The lowest BCUT2D eigenvalue weighted by Crippen LogP contribution is -2.30. The Bertz CT molecular complexity index is 815. The Morgan fingerprint density at radius 3 is 2.68 bits per heavy atom. The van der Waals surface area contributed by atoms with Crippen molar-refractivity contribution in [3.8, 4) is 0 Å². The van der Waals surface area contributed by atoms with Gasteiger partial charge >= 0.3 is 0 Å². The number of aromatic amines is 1. The second kappa shape index (κ2) is 5.41. The average molecular weight is 340 g/mol. The van der Waals surface area contributed by atoms with Crippen LogP contribution in [-0.4, -0.2) is 48.9 Å². The van der Waals surface area contributed by atoms with E-state index in [9.17, 15) is 4.79 Å². The van der Waals surface area contributed by atoms with Crippen molar-refractivity contribution in [2.24, 2.45) is 18.9 Å². The maximum atomic E-state index is 13.0. The van der Waals surface area contributed by atoms with Crippen LogP contribution in [0.15, 0.2) is 6.20 Å². The Labute approximate surface area is 146 Å². The van der Waals surface area contributed by atoms with Crippen LogP contribution < -0.4 is 0 Å². The predicted molar refractivity (Wildman–Crippen MR) is 91.2 cm³/mol. The van der Waals surface area contributed by atoms with Crippen molar-refractivity contribution in [1.29, 1.82) is 0 Å². The summed E-state index contributed by atoms with van der Waals surface area (Å²) in [7, 11) is 1.86. The van der Waals surface area contributed by atoms with Gasteiger partial charge in [-0.1, -0.05) is 0 Å². The van der Waals surface area contributed by atoms with E-state index in [1.54, 1.807) is 4.68 Å². The Hall–Kier alpha value is -2.18. The summed E-state index contributed by atoms with van der Waals surface area (Å²) in [4.78, 5) is 19.7. The standard InChI is InChI=1S/C18H24N6O/c1-10-7-23(2)22-15(10)18(25)24-8-13(11-3-4-11)14(9-24)17-19-16(20-21-17)12-5-6-12/h7,11-14H,3-6,8-9H2,1-2H3,(H,19,20,21)/t13-,14+/m1/s1. The third-order valence-corrected chi connectivity index (χ3v) is 5.91. The highest BCUT2D eigenvalue weighted by Crippen LogP contribution is 2.47. The molecule has 2 atom stereocenters. The van der Waals surface area contributed by atoms with E-state index in [1.807, 2.05) is 25.1 Å². The van der Waals surface area contributed by atoms with E-state index < -0.39 is 0 Å². The van der Waals surface area contributed by atoms with Gasteiger partial charge in [-0.15, -0.1) is 0 Å². The van der Waals surface area contributed by atoms with Gasteiger partial charge in [0.25, 0.3) is 5.91 Å². The first-order valence-electron chi connectivity index (χ1n) is 9.32. The van der Waals surface area contributed by atoms with Crippen LogP contribution in [0.1, 0.15) is 65.2 Å². The van der Waals surface area contributed by atoms with Crippen LogP contribution in [0.4, 0.5) is 0 Å². The molecule has 3 aliphatic rings. The topological polar surface area (TPSA) is 79.7 Å². The first-order chi connectivity index (χ1) is 12.1. The molecule has 2 saturated carbocycles. The Morgan fingerprint density at radius 1 is 1.24 bits per heavy atom. The third-order valence-electron chi connectivity index (χ3n) is 5.91. The summed E-state index contributed by atoms with van der Waals surface area (Å²) < 4.78 is 1.72. The molecule has 2 aliphatic carbocycles. The molecule has 7 nitrogen and oxygen atoms in total. The molecule has 0 spiro atoms. The van der Waals surface area contributed by atoms with Gasteiger partial charge in [-0.05, 0) is 44.4 Å². The summed E-state index contributed by atoms with van der Waals surface area (Å²) in [6.45, 7) is 3.48. The molecule has 0 aromatic carbocycles. The van der Waals surface area contributed by atoms with Gasteiger partial charge < -0.3 is 4.90 Å². The molecule has 0 bridgehead atoms. The number of carbonyl (C=O) groups is 1. The van der Waals surface area contributed by atoms with Crippen LogP contribution >= 0.6 is 0 Å². The minimum Gasteiger partial charge on any atom is -0.336 e. The fourth-order valence-corrected chi connectivity index (χ4v) is 4.23. The van der Waals surface area contributed by atoms with Crippen LogP contribution in [0.25, 0.3) is 0 Å². The highest BCUT2D eigenvalue weighted by Gasteiger charge is 2.46. The smallest absolute Gasteiger partial charge is 0.274 e. The summed E-state index contributed by atoms with van der Waals surface area (Å²) in [5.41, 5.74) is 1.52. The van der Waals surface area contributed by atoms with E-state index in [0.717, 1.165) is 36.2 Å². The van der Waals surface area contributed by atoms with Crippen molar-refractivity contribution in [3.63, 3.8) is 0 Å². The molecule has 25 heavy (non-hydrogen) atoms. The monoisotopic (exact) mass is 340 g/mol. The molecule has 3 heterocycles. The zero-order valence-corrected chi connectivity index (χ0v) is 14.8. The van der Waals surface area contributed by atoms with Crippen molar-refractivity contribution in [3.05, 3.63) is 29.1 Å². The lowest BCUT2D eigenvalue weighted by atomic mass is 9.91. The van der Waals surface area contributed by atoms with Gasteiger partial charge in [0.15, 0.2) is 11.5 Å². The quantitative estimate of drug-likeness (QED) is 0.923. The lowest BCUT2D eigenvalue weighted by molar-refractivity contribution is 0.0777. The van der Waals surface area contributed by atoms with E-state index in [-0.39, 0.29) is 11.8 Å². The van der Waals surface area contributed by atoms with Crippen LogP contribution in [0.2, 0.25) is 0 Å². The number of hydrogen-bond donors (Lipinski definition) is 1. The molecular weight excluding hydrogens is 316 g/mol. The molecule has 2 aromatic heterocycles. The first-order valence-corrected chi connectivity index (χ1v) is 9.32. The SMILES string of the molecule is Cc1cn(C)nc1C(=O)N1C[C@H](c2nc(C3CC3)n[nH]2)[C@@H](C2CC2)C1. The van der Waals surface area contributed by atoms with Gasteiger partial charge in [0.1, 0.15) is 5.82 Å². The minimum absolute atomic E-state index is 0.0492. The Kier molecular flexibility index (Phi) is 3.27. The summed E-state index contributed by atoms with van der Waals surface area (Å²) in [6, 6.07) is 0. The van der Waals surface area contributed by atoms with E-state index in [0.29, 0.717) is 17.5 Å². The molecule has 132 valence electrons. The number of likely N-dealkylation sites (tertiary alicyclic amines) is 1. The van der Waals surface area contributed by atoms with Gasteiger partial charge in [0, 0.05) is 43.7 Å². The van der Waals surface area contributed by atoms with Crippen LogP contribution in [0.5, 0.6) is 0 Å². The molecule has 0 unspecified atom stereocenters. The minimum atomic E-state index is 0.0492. The summed E-state index contributed by atoms with van der Waals surface area (Å²) in [6.07, 6.45) is 6.86. The van der Waals surface area contributed by atoms with E-state index in [1.165, 1.54) is 25.7 Å². The number of amides is 1. The van der Waals surface area contributed by atoms with Gasteiger partial charge in [0.05, 0.1) is 0 Å². The number of aromatic nitrogens is 5. The van der Waals surface area contributed by atoms with Crippen LogP contribution in [0, 0.1) is 18.8 Å². The summed E-state index contributed by atoms with van der Waals surface area (Å²) >= 11 is 0. The second-order valence-electron chi connectivity index (χ2n) is 8.01. The molecule has 1 saturated heterocycles. The third kappa shape index (κ3) is 2.65. The first kappa shape index (κ1) is 15.1. The zero-order chi connectivity index (χ0) is 17.1. The van der Waals surface area contributed by atoms with Crippen molar-refractivity contribution in [2.75, 3.05) is 13.1 Å².